The first-order valence-corrected chi connectivity index (χ1v) is 7.22. The molecular weight excluding hydrogens is 224 g/mol. The van der Waals surface area contributed by atoms with Crippen LogP contribution in [0.4, 0.5) is 0 Å². The number of nitrogens with zero attached hydrogens (tertiary/aromatic N) is 3. The first kappa shape index (κ1) is 13.5. The summed E-state index contributed by atoms with van der Waals surface area (Å²) in [6, 6.07) is 0. The Balaban J connectivity index is 1.78. The lowest BCUT2D eigenvalue weighted by molar-refractivity contribution is 0.406. The molecule has 1 aliphatic rings. The van der Waals surface area contributed by atoms with Crippen molar-refractivity contribution in [2.24, 2.45) is 11.3 Å². The molecule has 0 spiro atoms. The van der Waals surface area contributed by atoms with Crippen LogP contribution in [0.5, 0.6) is 0 Å². The van der Waals surface area contributed by atoms with Crippen LogP contribution in [0.1, 0.15) is 52.3 Å². The Bertz CT molecular complexity index is 366. The number of rotatable bonds is 8. The zero-order chi connectivity index (χ0) is 13.0. The summed E-state index contributed by atoms with van der Waals surface area (Å²) in [5, 5.41) is 7.85. The van der Waals surface area contributed by atoms with Crippen molar-refractivity contribution < 1.29 is 0 Å². The molecule has 1 aromatic rings. The highest BCUT2D eigenvalue weighted by Crippen LogP contribution is 2.48. The molecule has 0 amide bonds. The minimum Gasteiger partial charge on any atom is -0.309 e. The molecule has 2 rings (SSSR count). The van der Waals surface area contributed by atoms with Gasteiger partial charge in [-0.2, -0.15) is 5.10 Å². The summed E-state index contributed by atoms with van der Waals surface area (Å²) in [5.41, 5.74) is 0.609. The largest absolute Gasteiger partial charge is 0.309 e. The lowest BCUT2D eigenvalue weighted by Gasteiger charge is -2.15. The Morgan fingerprint density at radius 1 is 1.44 bits per heavy atom. The quantitative estimate of drug-likeness (QED) is 0.771. The molecule has 0 aliphatic heterocycles. The van der Waals surface area contributed by atoms with Crippen molar-refractivity contribution in [1.29, 1.82) is 0 Å². The summed E-state index contributed by atoms with van der Waals surface area (Å²) in [4.78, 5) is 4.34. The molecule has 0 aromatic carbocycles. The minimum absolute atomic E-state index is 0.609. The summed E-state index contributed by atoms with van der Waals surface area (Å²) >= 11 is 0. The van der Waals surface area contributed by atoms with E-state index in [4.69, 9.17) is 0 Å². The van der Waals surface area contributed by atoms with Gasteiger partial charge >= 0.3 is 0 Å². The maximum absolute atomic E-state index is 4.34. The van der Waals surface area contributed by atoms with Crippen molar-refractivity contribution in [3.05, 3.63) is 12.2 Å². The number of hydrogen-bond donors (Lipinski definition) is 1. The standard InChI is InChI=1S/C14H26N4/c1-4-5-14(6-7-14)10-15-8-13-16-11-17-18(13)9-12(2)3/h11-12,15H,4-10H2,1-3H3. The highest BCUT2D eigenvalue weighted by molar-refractivity contribution is 4.95. The van der Waals surface area contributed by atoms with Gasteiger partial charge in [0.15, 0.2) is 0 Å². The molecule has 1 N–H and O–H groups in total. The molecule has 0 unspecified atom stereocenters. The summed E-state index contributed by atoms with van der Waals surface area (Å²) in [7, 11) is 0. The van der Waals surface area contributed by atoms with Gasteiger partial charge in [0.25, 0.3) is 0 Å². The maximum atomic E-state index is 4.34. The van der Waals surface area contributed by atoms with E-state index in [1.54, 1.807) is 6.33 Å². The van der Waals surface area contributed by atoms with Crippen molar-refractivity contribution in [3.63, 3.8) is 0 Å². The predicted octanol–water partition coefficient (Wildman–Crippen LogP) is 2.60. The van der Waals surface area contributed by atoms with E-state index in [0.717, 1.165) is 25.5 Å². The zero-order valence-corrected chi connectivity index (χ0v) is 11.9. The topological polar surface area (TPSA) is 42.7 Å². The van der Waals surface area contributed by atoms with E-state index in [1.165, 1.54) is 25.7 Å². The summed E-state index contributed by atoms with van der Waals surface area (Å²) < 4.78 is 2.02. The van der Waals surface area contributed by atoms with Crippen molar-refractivity contribution in [2.45, 2.75) is 59.5 Å². The van der Waals surface area contributed by atoms with E-state index in [0.29, 0.717) is 11.3 Å². The van der Waals surface area contributed by atoms with Gasteiger partial charge in [0, 0.05) is 13.1 Å². The summed E-state index contributed by atoms with van der Waals surface area (Å²) in [6.45, 7) is 9.63. The van der Waals surface area contributed by atoms with Crippen LogP contribution >= 0.6 is 0 Å². The van der Waals surface area contributed by atoms with Crippen LogP contribution in [-0.2, 0) is 13.1 Å². The molecule has 1 aliphatic carbocycles. The van der Waals surface area contributed by atoms with Crippen molar-refractivity contribution >= 4 is 0 Å². The molecule has 1 heterocycles. The molecule has 4 heteroatoms. The number of nitrogens with one attached hydrogen (secondary N) is 1. The smallest absolute Gasteiger partial charge is 0.140 e. The van der Waals surface area contributed by atoms with E-state index in [-0.39, 0.29) is 0 Å². The van der Waals surface area contributed by atoms with Gasteiger partial charge in [0.2, 0.25) is 0 Å². The van der Waals surface area contributed by atoms with Gasteiger partial charge in [0.05, 0.1) is 6.54 Å². The second-order valence-corrected chi connectivity index (χ2v) is 6.11. The van der Waals surface area contributed by atoms with Crippen LogP contribution in [0.2, 0.25) is 0 Å². The van der Waals surface area contributed by atoms with Crippen LogP contribution in [0.15, 0.2) is 6.33 Å². The number of hydrogen-bond acceptors (Lipinski definition) is 3. The molecule has 0 bridgehead atoms. The van der Waals surface area contributed by atoms with Crippen LogP contribution in [-0.4, -0.2) is 21.3 Å². The fraction of sp³-hybridized carbons (Fsp3) is 0.857. The summed E-state index contributed by atoms with van der Waals surface area (Å²) in [5.74, 6) is 1.68. The Kier molecular flexibility index (Phi) is 4.38. The third-order valence-corrected chi connectivity index (χ3v) is 3.75. The zero-order valence-electron chi connectivity index (χ0n) is 11.9. The van der Waals surface area contributed by atoms with Crippen molar-refractivity contribution in [2.75, 3.05) is 6.54 Å². The van der Waals surface area contributed by atoms with Gasteiger partial charge in [-0.25, -0.2) is 9.67 Å². The lowest BCUT2D eigenvalue weighted by Crippen LogP contribution is -2.25. The van der Waals surface area contributed by atoms with E-state index in [2.05, 4.69) is 36.2 Å². The predicted molar refractivity (Wildman–Crippen MR) is 73.1 cm³/mol. The summed E-state index contributed by atoms with van der Waals surface area (Å²) in [6.07, 6.45) is 7.11. The molecule has 0 saturated heterocycles. The average molecular weight is 250 g/mol. The molecule has 1 fully saturated rings. The Morgan fingerprint density at radius 2 is 2.22 bits per heavy atom. The Morgan fingerprint density at radius 3 is 2.83 bits per heavy atom. The van der Waals surface area contributed by atoms with Gasteiger partial charge in [-0.15, -0.1) is 0 Å². The Labute approximate surface area is 110 Å². The van der Waals surface area contributed by atoms with Gasteiger partial charge < -0.3 is 5.32 Å². The van der Waals surface area contributed by atoms with Crippen LogP contribution < -0.4 is 5.32 Å². The van der Waals surface area contributed by atoms with Crippen molar-refractivity contribution in [1.82, 2.24) is 20.1 Å². The van der Waals surface area contributed by atoms with Crippen LogP contribution in [0, 0.1) is 11.3 Å². The normalized spacial score (nSPS) is 17.3. The first-order valence-electron chi connectivity index (χ1n) is 7.22. The second kappa shape index (κ2) is 5.83. The van der Waals surface area contributed by atoms with Crippen LogP contribution in [0.3, 0.4) is 0 Å². The fourth-order valence-electron chi connectivity index (χ4n) is 2.59. The average Bonchev–Trinajstić information content (AvgIpc) is 2.93. The van der Waals surface area contributed by atoms with Gasteiger partial charge in [0.1, 0.15) is 12.2 Å². The molecule has 18 heavy (non-hydrogen) atoms. The molecule has 1 aromatic heterocycles. The molecule has 1 saturated carbocycles. The minimum atomic E-state index is 0.609. The molecular formula is C14H26N4. The van der Waals surface area contributed by atoms with E-state index >= 15 is 0 Å². The molecule has 4 nitrogen and oxygen atoms in total. The fourth-order valence-corrected chi connectivity index (χ4v) is 2.59. The molecule has 102 valence electrons. The third kappa shape index (κ3) is 3.55. The third-order valence-electron chi connectivity index (χ3n) is 3.75. The first-order chi connectivity index (χ1) is 8.65. The lowest BCUT2D eigenvalue weighted by atomic mass is 10.0. The van der Waals surface area contributed by atoms with Gasteiger partial charge in [-0.05, 0) is 30.6 Å². The van der Waals surface area contributed by atoms with Crippen molar-refractivity contribution in [3.8, 4) is 0 Å². The molecule has 0 radical (unpaired) electrons. The molecule has 0 atom stereocenters. The van der Waals surface area contributed by atoms with E-state index < -0.39 is 0 Å². The van der Waals surface area contributed by atoms with Gasteiger partial charge in [-0.3, -0.25) is 0 Å². The maximum Gasteiger partial charge on any atom is 0.140 e. The SMILES string of the molecule is CCCC1(CNCc2ncnn2CC(C)C)CC1. The monoisotopic (exact) mass is 250 g/mol. The van der Waals surface area contributed by atoms with Crippen LogP contribution in [0.25, 0.3) is 0 Å². The van der Waals surface area contributed by atoms with E-state index in [9.17, 15) is 0 Å². The van der Waals surface area contributed by atoms with Gasteiger partial charge in [-0.1, -0.05) is 27.2 Å². The second-order valence-electron chi connectivity index (χ2n) is 6.11. The highest BCUT2D eigenvalue weighted by atomic mass is 15.3. The Hall–Kier alpha value is -0.900. The highest BCUT2D eigenvalue weighted by Gasteiger charge is 2.40. The number of aromatic nitrogens is 3. The van der Waals surface area contributed by atoms with E-state index in [1.807, 2.05) is 4.68 Å².